The minimum atomic E-state index is 0.348. The molecule has 0 aromatic rings. The van der Waals surface area contributed by atoms with Crippen LogP contribution in [0.4, 0.5) is 0 Å². The van der Waals surface area contributed by atoms with Crippen LogP contribution in [-0.4, -0.2) is 25.0 Å². The van der Waals surface area contributed by atoms with Crippen molar-refractivity contribution in [1.82, 2.24) is 10.6 Å². The molecule has 1 heterocycles. The molecule has 2 N–H and O–H groups in total. The Kier molecular flexibility index (Phi) is 2.43. The Morgan fingerprint density at radius 1 is 1.13 bits per heavy atom. The maximum Gasteiger partial charge on any atom is 0.223 e. The molecule has 0 aromatic carbocycles. The third-order valence-corrected chi connectivity index (χ3v) is 4.37. The first-order chi connectivity index (χ1) is 7.36. The van der Waals surface area contributed by atoms with Crippen molar-refractivity contribution < 1.29 is 4.79 Å². The predicted octanol–water partition coefficient (Wildman–Crippen LogP) is 0.901. The van der Waals surface area contributed by atoms with Crippen molar-refractivity contribution in [3.63, 3.8) is 0 Å². The van der Waals surface area contributed by atoms with Gasteiger partial charge < -0.3 is 10.6 Å². The summed E-state index contributed by atoms with van der Waals surface area (Å²) in [5.41, 5.74) is 0. The summed E-state index contributed by atoms with van der Waals surface area (Å²) in [4.78, 5) is 12.0. The fourth-order valence-corrected chi connectivity index (χ4v) is 3.46. The van der Waals surface area contributed by atoms with Crippen LogP contribution in [0.5, 0.6) is 0 Å². The molecule has 0 bridgehead atoms. The Balaban J connectivity index is 1.52. The number of rotatable bonds is 2. The smallest absolute Gasteiger partial charge is 0.223 e. The molecule has 3 rings (SSSR count). The number of carbonyl (C=O) groups excluding carboxylic acids is 1. The van der Waals surface area contributed by atoms with Gasteiger partial charge >= 0.3 is 0 Å². The normalized spacial score (nSPS) is 43.5. The van der Waals surface area contributed by atoms with Crippen LogP contribution < -0.4 is 10.6 Å². The highest BCUT2D eigenvalue weighted by molar-refractivity contribution is 5.82. The van der Waals surface area contributed by atoms with E-state index in [1.165, 1.54) is 25.7 Å². The molecular weight excluding hydrogens is 188 g/mol. The molecule has 3 heteroatoms. The summed E-state index contributed by atoms with van der Waals surface area (Å²) < 4.78 is 0. The van der Waals surface area contributed by atoms with E-state index < -0.39 is 0 Å². The van der Waals surface area contributed by atoms with Gasteiger partial charge in [0.05, 0.1) is 0 Å². The molecule has 3 fully saturated rings. The van der Waals surface area contributed by atoms with E-state index in [1.54, 1.807) is 0 Å². The zero-order chi connectivity index (χ0) is 10.3. The molecule has 0 aromatic heterocycles. The summed E-state index contributed by atoms with van der Waals surface area (Å²) in [5.74, 6) is 2.22. The summed E-state index contributed by atoms with van der Waals surface area (Å²) >= 11 is 0. The third kappa shape index (κ3) is 1.78. The van der Waals surface area contributed by atoms with Crippen molar-refractivity contribution in [2.75, 3.05) is 13.1 Å². The molecule has 0 spiro atoms. The lowest BCUT2D eigenvalue weighted by Crippen LogP contribution is -2.37. The Morgan fingerprint density at radius 3 is 2.47 bits per heavy atom. The maximum atomic E-state index is 12.0. The quantitative estimate of drug-likeness (QED) is 0.708. The summed E-state index contributed by atoms with van der Waals surface area (Å²) in [6.45, 7) is 2.02. The van der Waals surface area contributed by atoms with Gasteiger partial charge in [-0.25, -0.2) is 0 Å². The number of carbonyl (C=O) groups is 1. The van der Waals surface area contributed by atoms with E-state index in [1.807, 2.05) is 0 Å². The Hall–Kier alpha value is -0.570. The topological polar surface area (TPSA) is 41.1 Å². The van der Waals surface area contributed by atoms with Gasteiger partial charge in [0.15, 0.2) is 0 Å². The molecule has 1 amide bonds. The fourth-order valence-electron chi connectivity index (χ4n) is 3.46. The van der Waals surface area contributed by atoms with E-state index in [4.69, 9.17) is 0 Å². The molecule has 84 valence electrons. The van der Waals surface area contributed by atoms with Crippen LogP contribution in [0.3, 0.4) is 0 Å². The molecule has 1 saturated heterocycles. The third-order valence-electron chi connectivity index (χ3n) is 4.37. The molecule has 3 atom stereocenters. The van der Waals surface area contributed by atoms with Gasteiger partial charge in [-0.05, 0) is 37.6 Å². The van der Waals surface area contributed by atoms with Crippen LogP contribution in [0.2, 0.25) is 0 Å². The van der Waals surface area contributed by atoms with Crippen LogP contribution in [0.25, 0.3) is 0 Å². The van der Waals surface area contributed by atoms with Crippen molar-refractivity contribution >= 4 is 5.91 Å². The standard InChI is InChI=1S/C12H20N2O/c15-12(14-8-5-6-13-7-8)11-9-3-1-2-4-10(9)11/h8-11,13H,1-7H2,(H,14,15)/t8-,9?,10?,11?/m0/s1. The average Bonchev–Trinajstić information content (AvgIpc) is 2.77. The lowest BCUT2D eigenvalue weighted by Gasteiger charge is -2.10. The van der Waals surface area contributed by atoms with E-state index in [0.717, 1.165) is 31.3 Å². The first-order valence-electron chi connectivity index (χ1n) is 6.37. The van der Waals surface area contributed by atoms with Gasteiger partial charge in [0.1, 0.15) is 0 Å². The molecule has 15 heavy (non-hydrogen) atoms. The second kappa shape index (κ2) is 3.78. The molecule has 2 aliphatic carbocycles. The number of nitrogens with one attached hydrogen (secondary N) is 2. The van der Waals surface area contributed by atoms with E-state index in [2.05, 4.69) is 10.6 Å². The van der Waals surface area contributed by atoms with E-state index in [0.29, 0.717) is 17.9 Å². The number of amides is 1. The van der Waals surface area contributed by atoms with Gasteiger partial charge in [0.25, 0.3) is 0 Å². The first-order valence-corrected chi connectivity index (χ1v) is 6.37. The second-order valence-corrected chi connectivity index (χ2v) is 5.34. The van der Waals surface area contributed by atoms with Gasteiger partial charge in [-0.1, -0.05) is 12.8 Å². The maximum absolute atomic E-state index is 12.0. The first kappa shape index (κ1) is 9.64. The predicted molar refractivity (Wildman–Crippen MR) is 58.4 cm³/mol. The van der Waals surface area contributed by atoms with Gasteiger partial charge in [-0.3, -0.25) is 4.79 Å². The van der Waals surface area contributed by atoms with Gasteiger partial charge in [0.2, 0.25) is 5.91 Å². The molecule has 2 saturated carbocycles. The Labute approximate surface area is 91.0 Å². The number of hydrogen-bond acceptors (Lipinski definition) is 2. The second-order valence-electron chi connectivity index (χ2n) is 5.34. The Morgan fingerprint density at radius 2 is 1.87 bits per heavy atom. The molecule has 2 unspecified atom stereocenters. The molecule has 1 aliphatic heterocycles. The summed E-state index contributed by atoms with van der Waals surface area (Å²) in [7, 11) is 0. The van der Waals surface area contributed by atoms with Crippen LogP contribution in [0, 0.1) is 17.8 Å². The van der Waals surface area contributed by atoms with Crippen molar-refractivity contribution in [2.24, 2.45) is 17.8 Å². The van der Waals surface area contributed by atoms with Gasteiger partial charge in [0, 0.05) is 18.5 Å². The minimum Gasteiger partial charge on any atom is -0.352 e. The highest BCUT2D eigenvalue weighted by Gasteiger charge is 2.54. The van der Waals surface area contributed by atoms with Crippen LogP contribution in [0.1, 0.15) is 32.1 Å². The zero-order valence-corrected chi connectivity index (χ0v) is 9.17. The SMILES string of the molecule is O=C(N[C@H]1CCNC1)C1C2CCCCC21. The van der Waals surface area contributed by atoms with Crippen molar-refractivity contribution in [3.05, 3.63) is 0 Å². The van der Waals surface area contributed by atoms with Crippen molar-refractivity contribution in [3.8, 4) is 0 Å². The summed E-state index contributed by atoms with van der Waals surface area (Å²) in [6, 6.07) is 0.403. The highest BCUT2D eigenvalue weighted by Crippen LogP contribution is 2.55. The average molecular weight is 208 g/mol. The largest absolute Gasteiger partial charge is 0.352 e. The van der Waals surface area contributed by atoms with E-state index in [-0.39, 0.29) is 0 Å². The van der Waals surface area contributed by atoms with Gasteiger partial charge in [-0.2, -0.15) is 0 Å². The minimum absolute atomic E-state index is 0.348. The number of hydrogen-bond donors (Lipinski definition) is 2. The van der Waals surface area contributed by atoms with Crippen LogP contribution in [0.15, 0.2) is 0 Å². The molecule has 3 nitrogen and oxygen atoms in total. The lowest BCUT2D eigenvalue weighted by molar-refractivity contribution is -0.123. The molecule has 3 aliphatic rings. The molecule has 0 radical (unpaired) electrons. The van der Waals surface area contributed by atoms with Crippen LogP contribution in [-0.2, 0) is 4.79 Å². The number of fused-ring (bicyclic) bond motifs is 1. The zero-order valence-electron chi connectivity index (χ0n) is 9.17. The van der Waals surface area contributed by atoms with Crippen molar-refractivity contribution in [2.45, 2.75) is 38.1 Å². The van der Waals surface area contributed by atoms with E-state index in [9.17, 15) is 4.79 Å². The Bertz CT molecular complexity index is 248. The highest BCUT2D eigenvalue weighted by atomic mass is 16.2. The summed E-state index contributed by atoms with van der Waals surface area (Å²) in [6.07, 6.45) is 6.39. The van der Waals surface area contributed by atoms with Crippen molar-refractivity contribution in [1.29, 1.82) is 0 Å². The van der Waals surface area contributed by atoms with Crippen LogP contribution >= 0.6 is 0 Å². The van der Waals surface area contributed by atoms with E-state index >= 15 is 0 Å². The lowest BCUT2D eigenvalue weighted by atomic mass is 10.0. The monoisotopic (exact) mass is 208 g/mol. The summed E-state index contributed by atoms with van der Waals surface area (Å²) in [5, 5.41) is 6.48. The molecular formula is C12H20N2O. The van der Waals surface area contributed by atoms with Gasteiger partial charge in [-0.15, -0.1) is 0 Å². The fraction of sp³-hybridized carbons (Fsp3) is 0.917.